The first-order valence-corrected chi connectivity index (χ1v) is 6.38. The van der Waals surface area contributed by atoms with Crippen molar-refractivity contribution in [2.75, 3.05) is 33.3 Å². The number of nitrogens with one attached hydrogen (secondary N) is 2. The van der Waals surface area contributed by atoms with Crippen molar-refractivity contribution in [1.82, 2.24) is 15.5 Å². The molecule has 1 heterocycles. The normalized spacial score (nSPS) is 18.5. The van der Waals surface area contributed by atoms with Crippen molar-refractivity contribution >= 4 is 5.91 Å². The van der Waals surface area contributed by atoms with Crippen LogP contribution in [0.25, 0.3) is 0 Å². The van der Waals surface area contributed by atoms with E-state index in [4.69, 9.17) is 5.11 Å². The van der Waals surface area contributed by atoms with Gasteiger partial charge in [0.1, 0.15) is 5.82 Å². The van der Waals surface area contributed by atoms with E-state index in [2.05, 4.69) is 10.6 Å². The van der Waals surface area contributed by atoms with Crippen molar-refractivity contribution in [3.8, 4) is 0 Å². The van der Waals surface area contributed by atoms with Crippen molar-refractivity contribution in [2.24, 2.45) is 0 Å². The molecule has 0 unspecified atom stereocenters. The molecule has 0 spiro atoms. The minimum atomic E-state index is -2.70. The van der Waals surface area contributed by atoms with Crippen LogP contribution in [0.1, 0.15) is 19.8 Å². The maximum absolute atomic E-state index is 13.0. The molecule has 0 radical (unpaired) electrons. The maximum Gasteiger partial charge on any atom is 0.282 e. The average Bonchev–Trinajstić information content (AvgIpc) is 2.34. The largest absolute Gasteiger partial charge is 0.396 e. The summed E-state index contributed by atoms with van der Waals surface area (Å²) in [5, 5.41) is 14.5. The Hall–Kier alpha value is -1.37. The van der Waals surface area contributed by atoms with Gasteiger partial charge in [0.15, 0.2) is 0 Å². The first-order chi connectivity index (χ1) is 8.95. The van der Waals surface area contributed by atoms with E-state index in [0.717, 1.165) is 6.42 Å². The van der Waals surface area contributed by atoms with Crippen LogP contribution in [-0.2, 0) is 4.79 Å². The number of rotatable bonds is 7. The predicted molar refractivity (Wildman–Crippen MR) is 67.6 cm³/mol. The Morgan fingerprint density at radius 3 is 2.47 bits per heavy atom. The van der Waals surface area contributed by atoms with E-state index < -0.39 is 19.0 Å². The van der Waals surface area contributed by atoms with Gasteiger partial charge in [-0.2, -0.15) is 0 Å². The van der Waals surface area contributed by atoms with Crippen LogP contribution in [0.5, 0.6) is 0 Å². The molecular formula is C12H21F2N3O2. The quantitative estimate of drug-likeness (QED) is 0.585. The number of aliphatic hydroxyl groups excluding tert-OH is 1. The number of likely N-dealkylation sites (N-methyl/N-ethyl adjacent to an activating group) is 1. The molecule has 1 saturated heterocycles. The van der Waals surface area contributed by atoms with Crippen LogP contribution in [0.4, 0.5) is 8.78 Å². The van der Waals surface area contributed by atoms with Gasteiger partial charge in [0.25, 0.3) is 11.8 Å². The third-order valence-electron chi connectivity index (χ3n) is 2.85. The van der Waals surface area contributed by atoms with Crippen molar-refractivity contribution in [1.29, 1.82) is 0 Å². The summed E-state index contributed by atoms with van der Waals surface area (Å²) < 4.78 is 25.9. The fourth-order valence-electron chi connectivity index (χ4n) is 1.93. The monoisotopic (exact) mass is 277 g/mol. The highest BCUT2D eigenvalue weighted by Crippen LogP contribution is 2.30. The zero-order valence-electron chi connectivity index (χ0n) is 11.3. The smallest absolute Gasteiger partial charge is 0.282 e. The number of carbonyl (C=O) groups excluding carboxylic acids is 1. The van der Waals surface area contributed by atoms with Crippen LogP contribution >= 0.6 is 0 Å². The van der Waals surface area contributed by atoms with Crippen LogP contribution in [-0.4, -0.2) is 55.1 Å². The van der Waals surface area contributed by atoms with Crippen LogP contribution in [0.2, 0.25) is 0 Å². The first kappa shape index (κ1) is 15.7. The van der Waals surface area contributed by atoms with Gasteiger partial charge in [-0.3, -0.25) is 4.79 Å². The second-order valence-corrected chi connectivity index (χ2v) is 4.52. The first-order valence-electron chi connectivity index (χ1n) is 6.38. The molecule has 0 aliphatic carbocycles. The van der Waals surface area contributed by atoms with Crippen molar-refractivity contribution < 1.29 is 18.7 Å². The van der Waals surface area contributed by atoms with Crippen LogP contribution in [0.15, 0.2) is 11.4 Å². The molecule has 1 fully saturated rings. The number of carbonyl (C=O) groups is 1. The third kappa shape index (κ3) is 4.05. The van der Waals surface area contributed by atoms with Gasteiger partial charge in [-0.15, -0.1) is 0 Å². The number of amides is 1. The number of nitrogens with zero attached hydrogens (tertiary/aromatic N) is 1. The molecule has 5 nitrogen and oxygen atoms in total. The van der Waals surface area contributed by atoms with E-state index in [-0.39, 0.29) is 18.9 Å². The van der Waals surface area contributed by atoms with Crippen molar-refractivity contribution in [3.63, 3.8) is 0 Å². The molecule has 1 rings (SSSR count). The Kier molecular flexibility index (Phi) is 5.53. The lowest BCUT2D eigenvalue weighted by Crippen LogP contribution is -2.58. The summed E-state index contributed by atoms with van der Waals surface area (Å²) in [6.07, 6.45) is 0.946. The molecule has 110 valence electrons. The second kappa shape index (κ2) is 6.70. The van der Waals surface area contributed by atoms with Gasteiger partial charge in [0, 0.05) is 26.6 Å². The topological polar surface area (TPSA) is 64.6 Å². The molecule has 3 N–H and O–H groups in total. The van der Waals surface area contributed by atoms with Gasteiger partial charge in [-0.25, -0.2) is 8.78 Å². The summed E-state index contributed by atoms with van der Waals surface area (Å²) in [6.45, 7) is 1.53. The molecule has 0 aromatic rings. The minimum Gasteiger partial charge on any atom is -0.396 e. The Balaban J connectivity index is 2.93. The molecule has 0 aromatic carbocycles. The molecule has 7 heteroatoms. The van der Waals surface area contributed by atoms with Gasteiger partial charge in [-0.1, -0.05) is 6.92 Å². The lowest BCUT2D eigenvalue weighted by molar-refractivity contribution is -0.123. The highest BCUT2D eigenvalue weighted by molar-refractivity contribution is 5.93. The summed E-state index contributed by atoms with van der Waals surface area (Å²) in [5.41, 5.74) is 0.314. The van der Waals surface area contributed by atoms with Gasteiger partial charge in [0.05, 0.1) is 18.7 Å². The summed E-state index contributed by atoms with van der Waals surface area (Å²) in [6, 6.07) is 0. The van der Waals surface area contributed by atoms with E-state index in [9.17, 15) is 13.6 Å². The molecule has 0 aromatic heterocycles. The van der Waals surface area contributed by atoms with Crippen LogP contribution in [0, 0.1) is 0 Å². The number of halogens is 2. The lowest BCUT2D eigenvalue weighted by Gasteiger charge is -2.42. The summed E-state index contributed by atoms with van der Waals surface area (Å²) in [5.74, 6) is -2.66. The van der Waals surface area contributed by atoms with Gasteiger partial charge >= 0.3 is 0 Å². The molecule has 0 atom stereocenters. The predicted octanol–water partition coefficient (Wildman–Crippen LogP) is 0.277. The van der Waals surface area contributed by atoms with E-state index in [0.29, 0.717) is 17.9 Å². The van der Waals surface area contributed by atoms with Crippen molar-refractivity contribution in [3.05, 3.63) is 11.4 Å². The van der Waals surface area contributed by atoms with E-state index in [1.54, 1.807) is 0 Å². The Labute approximate surface area is 111 Å². The fraction of sp³-hybridized carbons (Fsp3) is 0.750. The Bertz CT molecular complexity index is 351. The fourth-order valence-corrected chi connectivity index (χ4v) is 1.93. The highest BCUT2D eigenvalue weighted by atomic mass is 19.3. The summed E-state index contributed by atoms with van der Waals surface area (Å²) in [7, 11) is 1.47. The number of aliphatic hydroxyl groups is 1. The second-order valence-electron chi connectivity index (χ2n) is 4.52. The third-order valence-corrected chi connectivity index (χ3v) is 2.85. The maximum atomic E-state index is 13.0. The Morgan fingerprint density at radius 1 is 1.42 bits per heavy atom. The van der Waals surface area contributed by atoms with Gasteiger partial charge in [0.2, 0.25) is 0 Å². The Morgan fingerprint density at radius 2 is 2.05 bits per heavy atom. The van der Waals surface area contributed by atoms with Gasteiger partial charge < -0.3 is 20.6 Å². The zero-order chi connectivity index (χ0) is 14.5. The summed E-state index contributed by atoms with van der Waals surface area (Å²) >= 11 is 0. The van der Waals surface area contributed by atoms with Gasteiger partial charge in [-0.05, 0) is 6.42 Å². The number of likely N-dealkylation sites (tertiary alicyclic amines) is 1. The lowest BCUT2D eigenvalue weighted by atomic mass is 10.1. The molecule has 19 heavy (non-hydrogen) atoms. The minimum absolute atomic E-state index is 0.133. The molecule has 0 saturated carbocycles. The SMILES string of the molecule is CCCN/C(=C(\CCO)C(=O)NC)N1CC(F)(F)C1. The van der Waals surface area contributed by atoms with E-state index >= 15 is 0 Å². The summed E-state index contributed by atoms with van der Waals surface area (Å²) in [4.78, 5) is 13.2. The standard InChI is InChI=1S/C12H21F2N3O2/c1-3-5-16-10(17-7-12(13,14)8-17)9(4-6-18)11(19)15-2/h16,18H,3-8H2,1-2H3,(H,15,19)/b10-9-. The zero-order valence-corrected chi connectivity index (χ0v) is 11.3. The number of hydrogen-bond acceptors (Lipinski definition) is 4. The molecule has 1 aliphatic heterocycles. The van der Waals surface area contributed by atoms with Crippen molar-refractivity contribution in [2.45, 2.75) is 25.7 Å². The van der Waals surface area contributed by atoms with Crippen LogP contribution in [0.3, 0.4) is 0 Å². The van der Waals surface area contributed by atoms with E-state index in [1.165, 1.54) is 11.9 Å². The number of hydrogen-bond donors (Lipinski definition) is 3. The highest BCUT2D eigenvalue weighted by Gasteiger charge is 2.45. The molecule has 1 amide bonds. The molecular weight excluding hydrogens is 256 g/mol. The van der Waals surface area contributed by atoms with Crippen LogP contribution < -0.4 is 10.6 Å². The molecule has 0 bridgehead atoms. The van der Waals surface area contributed by atoms with E-state index in [1.807, 2.05) is 6.92 Å². The number of alkyl halides is 2. The molecule has 1 aliphatic rings. The average molecular weight is 277 g/mol.